The van der Waals surface area contributed by atoms with Gasteiger partial charge in [-0.1, -0.05) is 26.2 Å². The van der Waals surface area contributed by atoms with E-state index in [0.29, 0.717) is 11.3 Å². The Morgan fingerprint density at radius 2 is 1.89 bits per heavy atom. The highest BCUT2D eigenvalue weighted by molar-refractivity contribution is 5.89. The van der Waals surface area contributed by atoms with Crippen molar-refractivity contribution in [1.82, 2.24) is 10.2 Å². The number of amides is 1. The van der Waals surface area contributed by atoms with Crippen molar-refractivity contribution in [3.05, 3.63) is 0 Å². The zero-order chi connectivity index (χ0) is 12.8. The second-order valence-corrected chi connectivity index (χ2v) is 6.75. The molecule has 1 unspecified atom stereocenters. The van der Waals surface area contributed by atoms with Gasteiger partial charge >= 0.3 is 0 Å². The van der Waals surface area contributed by atoms with Gasteiger partial charge in [-0.15, -0.1) is 0 Å². The average molecular weight is 250 g/mol. The topological polar surface area (TPSA) is 32.3 Å². The molecule has 0 bridgehead atoms. The molecule has 1 N–H and O–H groups in total. The second-order valence-electron chi connectivity index (χ2n) is 6.75. The first kappa shape index (κ1) is 12.5. The van der Waals surface area contributed by atoms with Gasteiger partial charge in [0.05, 0.1) is 11.7 Å². The number of rotatable bonds is 3. The van der Waals surface area contributed by atoms with E-state index in [1.54, 1.807) is 0 Å². The molecule has 2 saturated carbocycles. The minimum Gasteiger partial charge on any atom is -0.325 e. The zero-order valence-corrected chi connectivity index (χ0v) is 11.8. The van der Waals surface area contributed by atoms with Crippen LogP contribution >= 0.6 is 0 Å². The molecule has 3 fully saturated rings. The fourth-order valence-electron chi connectivity index (χ4n) is 4.20. The maximum atomic E-state index is 12.7. The molecule has 3 nitrogen and oxygen atoms in total. The third-order valence-corrected chi connectivity index (χ3v) is 5.75. The summed E-state index contributed by atoms with van der Waals surface area (Å²) >= 11 is 0. The normalized spacial score (nSPS) is 33.1. The quantitative estimate of drug-likeness (QED) is 0.835. The monoisotopic (exact) mass is 250 g/mol. The predicted molar refractivity (Wildman–Crippen MR) is 72.1 cm³/mol. The molecule has 18 heavy (non-hydrogen) atoms. The lowest BCUT2D eigenvalue weighted by Crippen LogP contribution is -2.47. The summed E-state index contributed by atoms with van der Waals surface area (Å²) in [5.41, 5.74) is 0.258. The minimum absolute atomic E-state index is 0.182. The van der Waals surface area contributed by atoms with Crippen molar-refractivity contribution in [2.45, 2.75) is 76.9 Å². The lowest BCUT2D eigenvalue weighted by atomic mass is 9.66. The van der Waals surface area contributed by atoms with Gasteiger partial charge in [0.2, 0.25) is 5.91 Å². The molecule has 0 radical (unpaired) electrons. The summed E-state index contributed by atoms with van der Waals surface area (Å²) in [5.74, 6) is 0.396. The van der Waals surface area contributed by atoms with E-state index in [-0.39, 0.29) is 11.7 Å². The highest BCUT2D eigenvalue weighted by Gasteiger charge is 2.52. The molecule has 1 amide bonds. The van der Waals surface area contributed by atoms with Gasteiger partial charge < -0.3 is 4.90 Å². The van der Waals surface area contributed by atoms with Crippen molar-refractivity contribution in [2.75, 3.05) is 6.54 Å². The van der Waals surface area contributed by atoms with Crippen molar-refractivity contribution in [2.24, 2.45) is 5.41 Å². The van der Waals surface area contributed by atoms with Crippen LogP contribution in [-0.2, 0) is 4.79 Å². The molecule has 1 saturated heterocycles. The van der Waals surface area contributed by atoms with Crippen LogP contribution in [0.5, 0.6) is 0 Å². The molecule has 0 aromatic rings. The maximum Gasteiger partial charge on any atom is 0.244 e. The van der Waals surface area contributed by atoms with Crippen molar-refractivity contribution in [3.63, 3.8) is 0 Å². The Morgan fingerprint density at radius 3 is 2.39 bits per heavy atom. The van der Waals surface area contributed by atoms with Crippen LogP contribution in [0.2, 0.25) is 0 Å². The summed E-state index contributed by atoms with van der Waals surface area (Å²) in [4.78, 5) is 14.9. The smallest absolute Gasteiger partial charge is 0.244 e. The first-order valence-electron chi connectivity index (χ1n) is 7.70. The Balaban J connectivity index is 1.74. The molecule has 3 aliphatic rings. The Hall–Kier alpha value is -0.570. The van der Waals surface area contributed by atoms with E-state index < -0.39 is 0 Å². The molecule has 102 valence electrons. The van der Waals surface area contributed by atoms with Crippen molar-refractivity contribution < 1.29 is 4.79 Å². The van der Waals surface area contributed by atoms with Gasteiger partial charge in [0.1, 0.15) is 0 Å². The molecular weight excluding hydrogens is 224 g/mol. The summed E-state index contributed by atoms with van der Waals surface area (Å²) < 4.78 is 0. The minimum atomic E-state index is -0.182. The molecule has 0 aromatic carbocycles. The summed E-state index contributed by atoms with van der Waals surface area (Å²) in [7, 11) is 0. The predicted octanol–water partition coefficient (Wildman–Crippen LogP) is 2.66. The molecular formula is C15H26N2O. The Labute approximate surface area is 110 Å². The molecule has 3 rings (SSSR count). The van der Waals surface area contributed by atoms with E-state index in [1.807, 2.05) is 0 Å². The lowest BCUT2D eigenvalue weighted by Gasteiger charge is -2.44. The fraction of sp³-hybridized carbons (Fsp3) is 0.933. The highest BCUT2D eigenvalue weighted by atomic mass is 16.2. The van der Waals surface area contributed by atoms with Gasteiger partial charge in [0.25, 0.3) is 0 Å². The molecule has 1 heterocycles. The number of hydrogen-bond donors (Lipinski definition) is 1. The number of carbonyl (C=O) groups excluding carboxylic acids is 1. The van der Waals surface area contributed by atoms with Crippen LogP contribution < -0.4 is 5.32 Å². The second kappa shape index (κ2) is 4.22. The number of nitrogens with one attached hydrogen (secondary N) is 1. The first-order chi connectivity index (χ1) is 8.61. The lowest BCUT2D eigenvalue weighted by molar-refractivity contribution is -0.135. The van der Waals surface area contributed by atoms with Crippen LogP contribution in [0, 0.1) is 5.41 Å². The first-order valence-corrected chi connectivity index (χ1v) is 7.70. The number of nitrogens with zero attached hydrogens (tertiary/aromatic N) is 1. The SMILES string of the molecule is CCC1(CN2C(=O)C3(CCCC3)NC2C)CCC1. The molecule has 1 aliphatic heterocycles. The van der Waals surface area contributed by atoms with E-state index in [9.17, 15) is 4.79 Å². The van der Waals surface area contributed by atoms with Gasteiger partial charge in [0, 0.05) is 6.54 Å². The average Bonchev–Trinajstić information content (AvgIpc) is 2.85. The van der Waals surface area contributed by atoms with Crippen molar-refractivity contribution >= 4 is 5.91 Å². The number of carbonyl (C=O) groups is 1. The van der Waals surface area contributed by atoms with Crippen LogP contribution in [0.3, 0.4) is 0 Å². The summed E-state index contributed by atoms with van der Waals surface area (Å²) in [6.07, 6.45) is 9.94. The summed E-state index contributed by atoms with van der Waals surface area (Å²) in [6, 6.07) is 0. The van der Waals surface area contributed by atoms with E-state index in [0.717, 1.165) is 19.4 Å². The van der Waals surface area contributed by atoms with E-state index in [4.69, 9.17) is 0 Å². The molecule has 3 heteroatoms. The van der Waals surface area contributed by atoms with Crippen LogP contribution in [-0.4, -0.2) is 29.1 Å². The van der Waals surface area contributed by atoms with Gasteiger partial charge in [-0.25, -0.2) is 0 Å². The van der Waals surface area contributed by atoms with Gasteiger partial charge in [-0.05, 0) is 44.4 Å². The highest BCUT2D eigenvalue weighted by Crippen LogP contribution is 2.46. The molecule has 2 aliphatic carbocycles. The van der Waals surface area contributed by atoms with Crippen LogP contribution in [0.25, 0.3) is 0 Å². The third-order valence-electron chi connectivity index (χ3n) is 5.75. The Bertz CT molecular complexity index is 337. The van der Waals surface area contributed by atoms with Crippen LogP contribution in [0.15, 0.2) is 0 Å². The van der Waals surface area contributed by atoms with Gasteiger partial charge in [0.15, 0.2) is 0 Å². The van der Waals surface area contributed by atoms with Crippen molar-refractivity contribution in [1.29, 1.82) is 0 Å². The molecule has 1 spiro atoms. The van der Waals surface area contributed by atoms with E-state index >= 15 is 0 Å². The fourth-order valence-corrected chi connectivity index (χ4v) is 4.20. The summed E-state index contributed by atoms with van der Waals surface area (Å²) in [5, 5.41) is 3.60. The van der Waals surface area contributed by atoms with Crippen LogP contribution in [0.1, 0.15) is 65.2 Å². The third kappa shape index (κ3) is 1.70. The molecule has 0 aromatic heterocycles. The largest absolute Gasteiger partial charge is 0.325 e. The van der Waals surface area contributed by atoms with E-state index in [2.05, 4.69) is 24.1 Å². The Morgan fingerprint density at radius 1 is 1.22 bits per heavy atom. The zero-order valence-electron chi connectivity index (χ0n) is 11.8. The Kier molecular flexibility index (Phi) is 2.92. The maximum absolute atomic E-state index is 12.7. The van der Waals surface area contributed by atoms with Crippen LogP contribution in [0.4, 0.5) is 0 Å². The van der Waals surface area contributed by atoms with Gasteiger partial charge in [-0.3, -0.25) is 10.1 Å². The number of hydrogen-bond acceptors (Lipinski definition) is 2. The van der Waals surface area contributed by atoms with Gasteiger partial charge in [-0.2, -0.15) is 0 Å². The summed E-state index contributed by atoms with van der Waals surface area (Å²) in [6.45, 7) is 5.42. The standard InChI is InChI=1S/C15H26N2O/c1-3-14(7-6-8-14)11-17-12(2)16-15(13(17)18)9-4-5-10-15/h12,16H,3-11H2,1-2H3. The molecule has 1 atom stereocenters. The van der Waals surface area contributed by atoms with Crippen molar-refractivity contribution in [3.8, 4) is 0 Å². The van der Waals surface area contributed by atoms with E-state index in [1.165, 1.54) is 38.5 Å².